The second-order valence-corrected chi connectivity index (χ2v) is 6.84. The molecule has 24 heavy (non-hydrogen) atoms. The molecule has 1 spiro atoms. The third-order valence-corrected chi connectivity index (χ3v) is 5.06. The van der Waals surface area contributed by atoms with Crippen molar-refractivity contribution in [2.45, 2.75) is 38.7 Å². The van der Waals surface area contributed by atoms with Crippen LogP contribution in [0.3, 0.4) is 0 Å². The Morgan fingerprint density at radius 1 is 1.33 bits per heavy atom. The number of hydrogen-bond donors (Lipinski definition) is 1. The minimum Gasteiger partial charge on any atom is -0.489 e. The molecule has 1 atom stereocenters. The molecule has 0 aromatic heterocycles. The first-order chi connectivity index (χ1) is 11.1. The molecule has 1 saturated carbocycles. The Morgan fingerprint density at radius 2 is 2.04 bits per heavy atom. The van der Waals surface area contributed by atoms with Crippen molar-refractivity contribution in [3.8, 4) is 5.75 Å². The van der Waals surface area contributed by atoms with Gasteiger partial charge in [-0.3, -0.25) is 4.99 Å². The highest BCUT2D eigenvalue weighted by molar-refractivity contribution is 14.0. The summed E-state index contributed by atoms with van der Waals surface area (Å²) in [6.07, 6.45) is 5.38. The number of nitrogens with one attached hydrogen (secondary N) is 1. The fourth-order valence-electron chi connectivity index (χ4n) is 3.56. The maximum atomic E-state index is 12.9. The molecule has 0 amide bonds. The molecule has 2 aliphatic rings. The quantitative estimate of drug-likeness (QED) is 0.435. The standard InChI is InChI=1S/C18H26FN3O.HI/c1-14(23-16-6-4-15(19)5-7-16)12-21-17(20-2)22-11-10-18(13-22)8-3-9-18;/h4-7,14H,3,8-13H2,1-2H3,(H,20,21);1H. The number of guanidine groups is 1. The van der Waals surface area contributed by atoms with Crippen LogP contribution >= 0.6 is 24.0 Å². The van der Waals surface area contributed by atoms with Gasteiger partial charge in [-0.2, -0.15) is 0 Å². The van der Waals surface area contributed by atoms with E-state index in [0.29, 0.717) is 17.7 Å². The lowest BCUT2D eigenvalue weighted by molar-refractivity contribution is 0.151. The fraction of sp³-hybridized carbons (Fsp3) is 0.611. The van der Waals surface area contributed by atoms with Crippen molar-refractivity contribution >= 4 is 29.9 Å². The van der Waals surface area contributed by atoms with E-state index < -0.39 is 0 Å². The second-order valence-electron chi connectivity index (χ2n) is 6.84. The van der Waals surface area contributed by atoms with E-state index >= 15 is 0 Å². The van der Waals surface area contributed by atoms with Crippen LogP contribution in [-0.2, 0) is 0 Å². The average Bonchev–Trinajstić information content (AvgIpc) is 2.96. The van der Waals surface area contributed by atoms with Crippen LogP contribution in [-0.4, -0.2) is 43.6 Å². The molecule has 1 heterocycles. The predicted molar refractivity (Wildman–Crippen MR) is 106 cm³/mol. The van der Waals surface area contributed by atoms with Crippen LogP contribution in [0, 0.1) is 11.2 Å². The van der Waals surface area contributed by atoms with Gasteiger partial charge in [0.05, 0.1) is 6.54 Å². The zero-order chi connectivity index (χ0) is 16.3. The molecule has 1 aliphatic heterocycles. The number of aliphatic imine (C=N–C) groups is 1. The van der Waals surface area contributed by atoms with Crippen molar-refractivity contribution in [2.75, 3.05) is 26.7 Å². The lowest BCUT2D eigenvalue weighted by Gasteiger charge is -2.38. The molecule has 0 radical (unpaired) electrons. The van der Waals surface area contributed by atoms with Gasteiger partial charge in [-0.1, -0.05) is 6.42 Å². The average molecular weight is 447 g/mol. The number of nitrogens with zero attached hydrogens (tertiary/aromatic N) is 2. The van der Waals surface area contributed by atoms with Gasteiger partial charge in [0.25, 0.3) is 0 Å². The first-order valence-electron chi connectivity index (χ1n) is 8.48. The molecular formula is C18H27FIN3O. The Hall–Kier alpha value is -1.05. The lowest BCUT2D eigenvalue weighted by Crippen LogP contribution is -2.45. The van der Waals surface area contributed by atoms with Crippen molar-refractivity contribution in [1.82, 2.24) is 10.2 Å². The molecule has 4 nitrogen and oxygen atoms in total. The van der Waals surface area contributed by atoms with Crippen LogP contribution in [0.1, 0.15) is 32.6 Å². The molecule has 1 unspecified atom stereocenters. The highest BCUT2D eigenvalue weighted by atomic mass is 127. The topological polar surface area (TPSA) is 36.9 Å². The summed E-state index contributed by atoms with van der Waals surface area (Å²) in [7, 11) is 1.83. The molecule has 0 bridgehead atoms. The second kappa shape index (κ2) is 8.36. The fourth-order valence-corrected chi connectivity index (χ4v) is 3.56. The van der Waals surface area contributed by atoms with E-state index in [-0.39, 0.29) is 35.9 Å². The maximum absolute atomic E-state index is 12.9. The summed E-state index contributed by atoms with van der Waals surface area (Å²) >= 11 is 0. The van der Waals surface area contributed by atoms with E-state index in [9.17, 15) is 4.39 Å². The van der Waals surface area contributed by atoms with Crippen LogP contribution in [0.2, 0.25) is 0 Å². The zero-order valence-electron chi connectivity index (χ0n) is 14.4. The summed E-state index contributed by atoms with van der Waals surface area (Å²) < 4.78 is 18.7. The molecule has 1 aliphatic carbocycles. The number of benzene rings is 1. The maximum Gasteiger partial charge on any atom is 0.193 e. The summed E-state index contributed by atoms with van der Waals surface area (Å²) in [5, 5.41) is 3.41. The molecule has 3 rings (SSSR count). The van der Waals surface area contributed by atoms with Gasteiger partial charge in [0.2, 0.25) is 0 Å². The van der Waals surface area contributed by atoms with Gasteiger partial charge in [0.15, 0.2) is 5.96 Å². The Balaban J connectivity index is 0.00000208. The monoisotopic (exact) mass is 447 g/mol. The third-order valence-electron chi connectivity index (χ3n) is 5.06. The normalized spacial score (nSPS) is 20.3. The van der Waals surface area contributed by atoms with E-state index in [1.807, 2.05) is 14.0 Å². The van der Waals surface area contributed by atoms with Crippen molar-refractivity contribution < 1.29 is 9.13 Å². The summed E-state index contributed by atoms with van der Waals surface area (Å²) in [6, 6.07) is 6.14. The molecule has 2 fully saturated rings. The molecular weight excluding hydrogens is 420 g/mol. The Labute approximate surface area is 160 Å². The number of likely N-dealkylation sites (tertiary alicyclic amines) is 1. The van der Waals surface area contributed by atoms with E-state index in [1.165, 1.54) is 37.8 Å². The predicted octanol–water partition coefficient (Wildman–Crippen LogP) is 3.66. The van der Waals surface area contributed by atoms with Crippen LogP contribution in [0.4, 0.5) is 4.39 Å². The van der Waals surface area contributed by atoms with Gasteiger partial charge < -0.3 is 15.0 Å². The molecule has 6 heteroatoms. The zero-order valence-corrected chi connectivity index (χ0v) is 16.8. The Morgan fingerprint density at radius 3 is 2.58 bits per heavy atom. The van der Waals surface area contributed by atoms with Gasteiger partial charge in [0, 0.05) is 20.1 Å². The van der Waals surface area contributed by atoms with Gasteiger partial charge in [-0.25, -0.2) is 4.39 Å². The smallest absolute Gasteiger partial charge is 0.193 e. The first kappa shape index (κ1) is 19.3. The summed E-state index contributed by atoms with van der Waals surface area (Å²) in [6.45, 7) is 4.89. The van der Waals surface area contributed by atoms with Crippen LogP contribution in [0.5, 0.6) is 5.75 Å². The Kier molecular flexibility index (Phi) is 6.71. The number of hydrogen-bond acceptors (Lipinski definition) is 2. The van der Waals surface area contributed by atoms with Gasteiger partial charge >= 0.3 is 0 Å². The van der Waals surface area contributed by atoms with Crippen LogP contribution < -0.4 is 10.1 Å². The van der Waals surface area contributed by atoms with Crippen LogP contribution in [0.25, 0.3) is 0 Å². The van der Waals surface area contributed by atoms with Gasteiger partial charge in [-0.05, 0) is 55.9 Å². The SMILES string of the molecule is CN=C(NCC(C)Oc1ccc(F)cc1)N1CCC2(CCC2)C1.I. The van der Waals surface area contributed by atoms with E-state index in [1.54, 1.807) is 12.1 Å². The van der Waals surface area contributed by atoms with Crippen molar-refractivity contribution in [1.29, 1.82) is 0 Å². The van der Waals surface area contributed by atoms with E-state index in [2.05, 4.69) is 15.2 Å². The third kappa shape index (κ3) is 4.52. The highest BCUT2D eigenvalue weighted by Crippen LogP contribution is 2.47. The number of halogens is 2. The lowest BCUT2D eigenvalue weighted by atomic mass is 9.68. The van der Waals surface area contributed by atoms with E-state index in [4.69, 9.17) is 4.74 Å². The van der Waals surface area contributed by atoms with Gasteiger partial charge in [0.1, 0.15) is 17.7 Å². The number of ether oxygens (including phenoxy) is 1. The molecule has 134 valence electrons. The van der Waals surface area contributed by atoms with Crippen molar-refractivity contribution in [3.63, 3.8) is 0 Å². The first-order valence-corrected chi connectivity index (χ1v) is 8.48. The largest absolute Gasteiger partial charge is 0.489 e. The number of rotatable bonds is 4. The minimum atomic E-state index is -0.248. The summed E-state index contributed by atoms with van der Waals surface area (Å²) in [5.74, 6) is 1.40. The molecule has 1 aromatic carbocycles. The van der Waals surface area contributed by atoms with Gasteiger partial charge in [-0.15, -0.1) is 24.0 Å². The summed E-state index contributed by atoms with van der Waals surface area (Å²) in [5.41, 5.74) is 0.563. The summed E-state index contributed by atoms with van der Waals surface area (Å²) in [4.78, 5) is 6.78. The van der Waals surface area contributed by atoms with E-state index in [0.717, 1.165) is 19.0 Å². The highest BCUT2D eigenvalue weighted by Gasteiger charge is 2.43. The molecule has 1 N–H and O–H groups in total. The Bertz CT molecular complexity index is 560. The molecule has 1 saturated heterocycles. The van der Waals surface area contributed by atoms with Crippen molar-refractivity contribution in [3.05, 3.63) is 30.1 Å². The minimum absolute atomic E-state index is 0. The van der Waals surface area contributed by atoms with Crippen LogP contribution in [0.15, 0.2) is 29.3 Å². The van der Waals surface area contributed by atoms with Crippen molar-refractivity contribution in [2.24, 2.45) is 10.4 Å². The molecule has 1 aromatic rings.